The van der Waals surface area contributed by atoms with Crippen molar-refractivity contribution in [2.24, 2.45) is 23.7 Å². The Balaban J connectivity index is 0.885. The van der Waals surface area contributed by atoms with Gasteiger partial charge in [-0.1, -0.05) is 97.1 Å². The van der Waals surface area contributed by atoms with E-state index in [1.807, 2.05) is 11.3 Å². The SMILES string of the molecule is c1ccc2c(c1)-c1ccc(-n3c4ccccc4c4cc(-c5ccc6c(c5)c5ccccc5n6-c5ccc6sc7ccccc7c6c5)ccc43)cc1C21C2CC3CC(C2)CC1C3. The summed E-state index contributed by atoms with van der Waals surface area (Å²) in [5, 5.41) is 7.83. The molecule has 0 amide bonds. The van der Waals surface area contributed by atoms with Crippen molar-refractivity contribution < 1.29 is 0 Å². The molecule has 1 spiro atoms. The average Bonchev–Trinajstić information content (AvgIpc) is 4.03. The molecule has 0 radical (unpaired) electrons. The van der Waals surface area contributed by atoms with Crippen molar-refractivity contribution >= 4 is 75.1 Å². The first-order chi connectivity index (χ1) is 30.2. The van der Waals surface area contributed by atoms with Gasteiger partial charge in [0.05, 0.1) is 22.1 Å². The predicted octanol–water partition coefficient (Wildman–Crippen LogP) is 15.6. The molecule has 16 rings (SSSR count). The molecule has 4 fully saturated rings. The van der Waals surface area contributed by atoms with Gasteiger partial charge >= 0.3 is 0 Å². The van der Waals surface area contributed by atoms with Crippen LogP contribution >= 0.6 is 11.3 Å². The smallest absolute Gasteiger partial charge is 0.0541 e. The summed E-state index contributed by atoms with van der Waals surface area (Å²) >= 11 is 1.88. The van der Waals surface area contributed by atoms with E-state index < -0.39 is 0 Å². The van der Waals surface area contributed by atoms with E-state index in [9.17, 15) is 0 Å². The van der Waals surface area contributed by atoms with E-state index in [4.69, 9.17) is 0 Å². The third-order valence-corrected chi connectivity index (χ3v) is 17.2. The summed E-state index contributed by atoms with van der Waals surface area (Å²) < 4.78 is 7.69. The normalized spacial score (nSPS) is 22.5. The Bertz CT molecular complexity index is 3660. The molecule has 11 aromatic rings. The highest BCUT2D eigenvalue weighted by atomic mass is 32.1. The molecule has 0 atom stereocenters. The zero-order chi connectivity index (χ0) is 39.6. The van der Waals surface area contributed by atoms with E-state index in [0.717, 1.165) is 23.7 Å². The Kier molecular flexibility index (Phi) is 6.50. The molecule has 4 saturated carbocycles. The molecular formula is C58H42N2S. The summed E-state index contributed by atoms with van der Waals surface area (Å²) in [6.07, 6.45) is 7.08. The minimum Gasteiger partial charge on any atom is -0.309 e. The first kappa shape index (κ1) is 33.3. The third kappa shape index (κ3) is 4.32. The number of thiophene rings is 1. The lowest BCUT2D eigenvalue weighted by molar-refractivity contribution is -0.0399. The average molecular weight is 799 g/mol. The number of nitrogens with zero attached hydrogens (tertiary/aromatic N) is 2. The van der Waals surface area contributed by atoms with E-state index in [0.29, 0.717) is 0 Å². The lowest BCUT2D eigenvalue weighted by Gasteiger charge is -2.61. The van der Waals surface area contributed by atoms with Crippen molar-refractivity contribution in [3.8, 4) is 33.6 Å². The van der Waals surface area contributed by atoms with Gasteiger partial charge in [0, 0.05) is 58.5 Å². The molecule has 4 bridgehead atoms. The van der Waals surface area contributed by atoms with Gasteiger partial charge in [0.25, 0.3) is 0 Å². The fourth-order valence-corrected chi connectivity index (χ4v) is 15.1. The number of fused-ring (bicyclic) bond motifs is 12. The maximum atomic E-state index is 2.64. The molecule has 3 heteroatoms. The number of benzene rings is 8. The summed E-state index contributed by atoms with van der Waals surface area (Å²) in [4.78, 5) is 0. The molecule has 5 aliphatic carbocycles. The highest BCUT2D eigenvalue weighted by molar-refractivity contribution is 7.25. The minimum atomic E-state index is 0.147. The number of rotatable bonds is 3. The quantitative estimate of drug-likeness (QED) is 0.168. The van der Waals surface area contributed by atoms with Crippen molar-refractivity contribution in [2.45, 2.75) is 37.5 Å². The van der Waals surface area contributed by atoms with E-state index in [2.05, 4.69) is 179 Å². The van der Waals surface area contributed by atoms with Crippen molar-refractivity contribution in [1.29, 1.82) is 0 Å². The first-order valence-electron chi connectivity index (χ1n) is 22.4. The van der Waals surface area contributed by atoms with Crippen LogP contribution in [0.3, 0.4) is 0 Å². The topological polar surface area (TPSA) is 9.86 Å². The van der Waals surface area contributed by atoms with Crippen molar-refractivity contribution in [1.82, 2.24) is 9.13 Å². The molecule has 0 aliphatic heterocycles. The summed E-state index contributed by atoms with van der Waals surface area (Å²) in [7, 11) is 0. The Morgan fingerprint density at radius 3 is 1.59 bits per heavy atom. The predicted molar refractivity (Wildman–Crippen MR) is 257 cm³/mol. The lowest BCUT2D eigenvalue weighted by atomic mass is 9.43. The van der Waals surface area contributed by atoms with Gasteiger partial charge in [-0.2, -0.15) is 0 Å². The van der Waals surface area contributed by atoms with Crippen LogP contribution in [0.25, 0.3) is 97.4 Å². The maximum Gasteiger partial charge on any atom is 0.0541 e. The van der Waals surface area contributed by atoms with Gasteiger partial charge in [0.2, 0.25) is 0 Å². The van der Waals surface area contributed by atoms with Crippen molar-refractivity contribution in [2.75, 3.05) is 0 Å². The van der Waals surface area contributed by atoms with Crippen LogP contribution in [0.4, 0.5) is 0 Å². The number of aromatic nitrogens is 2. The van der Waals surface area contributed by atoms with Gasteiger partial charge in [-0.25, -0.2) is 0 Å². The van der Waals surface area contributed by atoms with Gasteiger partial charge in [-0.15, -0.1) is 11.3 Å². The molecule has 2 nitrogen and oxygen atoms in total. The van der Waals surface area contributed by atoms with E-state index in [1.54, 1.807) is 11.1 Å². The summed E-state index contributed by atoms with van der Waals surface area (Å²) in [6, 6.07) is 65.1. The fourth-order valence-electron chi connectivity index (χ4n) is 14.0. The van der Waals surface area contributed by atoms with Crippen LogP contribution in [0.5, 0.6) is 0 Å². The largest absolute Gasteiger partial charge is 0.309 e. The summed E-state index contributed by atoms with van der Waals surface area (Å²) in [5.41, 5.74) is 16.4. The Morgan fingerprint density at radius 1 is 0.377 bits per heavy atom. The van der Waals surface area contributed by atoms with Gasteiger partial charge in [0.15, 0.2) is 0 Å². The standard InChI is InChI=1S/C58H42N2S/c1-5-13-50-42(9-1)43-21-19-41(33-51(43)58(50)38-26-34-25-35(28-38)29-39(58)27-34)60-53-15-7-3-11-45(53)48-31-37(18-23-55(48)60)36-17-22-54-47(30-36)44-10-2-6-14-52(44)59(54)40-20-24-57-49(32-40)46-12-4-8-16-56(46)61-57/h1-24,30-35,38-39H,25-29H2. The van der Waals surface area contributed by atoms with Crippen LogP contribution in [-0.4, -0.2) is 9.13 Å². The van der Waals surface area contributed by atoms with E-state index in [1.165, 1.54) is 130 Å². The minimum absolute atomic E-state index is 0.147. The molecular weight excluding hydrogens is 757 g/mol. The lowest BCUT2D eigenvalue weighted by Crippen LogP contribution is -2.55. The molecule has 61 heavy (non-hydrogen) atoms. The number of para-hydroxylation sites is 2. The van der Waals surface area contributed by atoms with Crippen LogP contribution in [0, 0.1) is 23.7 Å². The Morgan fingerprint density at radius 2 is 0.902 bits per heavy atom. The number of hydrogen-bond acceptors (Lipinski definition) is 1. The van der Waals surface area contributed by atoms with Crippen molar-refractivity contribution in [3.05, 3.63) is 181 Å². The zero-order valence-corrected chi connectivity index (χ0v) is 34.6. The Labute approximate surface area is 358 Å². The van der Waals surface area contributed by atoms with Gasteiger partial charge in [0.1, 0.15) is 0 Å². The van der Waals surface area contributed by atoms with Gasteiger partial charge < -0.3 is 9.13 Å². The first-order valence-corrected chi connectivity index (χ1v) is 23.2. The van der Waals surface area contributed by atoms with Gasteiger partial charge in [-0.3, -0.25) is 0 Å². The van der Waals surface area contributed by atoms with Crippen LogP contribution < -0.4 is 0 Å². The van der Waals surface area contributed by atoms with Crippen LogP contribution in [0.1, 0.15) is 43.2 Å². The molecule has 8 aromatic carbocycles. The van der Waals surface area contributed by atoms with Crippen LogP contribution in [0.2, 0.25) is 0 Å². The van der Waals surface area contributed by atoms with Crippen LogP contribution in [0.15, 0.2) is 170 Å². The highest BCUT2D eigenvalue weighted by Gasteiger charge is 2.61. The second-order valence-corrected chi connectivity index (χ2v) is 20.0. The van der Waals surface area contributed by atoms with Gasteiger partial charge in [-0.05, 0) is 162 Å². The molecule has 0 N–H and O–H groups in total. The highest BCUT2D eigenvalue weighted by Crippen LogP contribution is 2.69. The monoisotopic (exact) mass is 798 g/mol. The molecule has 0 saturated heterocycles. The van der Waals surface area contributed by atoms with E-state index in [-0.39, 0.29) is 5.41 Å². The second kappa shape index (κ2) is 11.9. The maximum absolute atomic E-state index is 2.64. The molecule has 0 unspecified atom stereocenters. The van der Waals surface area contributed by atoms with E-state index >= 15 is 0 Å². The molecule has 5 aliphatic rings. The number of hydrogen-bond donors (Lipinski definition) is 0. The molecule has 3 heterocycles. The Hall–Kier alpha value is -6.42. The zero-order valence-electron chi connectivity index (χ0n) is 33.8. The summed E-state index contributed by atoms with van der Waals surface area (Å²) in [5.74, 6) is 3.36. The summed E-state index contributed by atoms with van der Waals surface area (Å²) in [6.45, 7) is 0. The molecule has 3 aromatic heterocycles. The van der Waals surface area contributed by atoms with Crippen LogP contribution in [-0.2, 0) is 5.41 Å². The molecule has 290 valence electrons. The fraction of sp³-hybridized carbons (Fsp3) is 0.172. The van der Waals surface area contributed by atoms with Crippen molar-refractivity contribution in [3.63, 3.8) is 0 Å². The second-order valence-electron chi connectivity index (χ2n) is 18.9. The third-order valence-electron chi connectivity index (χ3n) is 16.1.